The molecule has 3 aromatic heterocycles. The number of thiophene rings is 1. The van der Waals surface area contributed by atoms with Crippen LogP contribution in [-0.2, 0) is 10.7 Å². The summed E-state index contributed by atoms with van der Waals surface area (Å²) in [5.74, 6) is -5.16. The van der Waals surface area contributed by atoms with Crippen molar-refractivity contribution in [3.05, 3.63) is 70.7 Å². The fourth-order valence-corrected chi connectivity index (χ4v) is 3.97. The SMILES string of the molecule is CCOC(=O)c1ccc(-c2ccc(=NC)n(C(=N)C(F)(F)c3ccc4occc4c3)n2)s1. The number of rotatable bonds is 5. The number of esters is 1. The number of nitrogens with one attached hydrogen (secondary N) is 1. The number of fused-ring (bicyclic) bond motifs is 1. The number of halogens is 2. The van der Waals surface area contributed by atoms with Crippen molar-refractivity contribution >= 4 is 34.1 Å². The van der Waals surface area contributed by atoms with Crippen LogP contribution in [-0.4, -0.2) is 35.2 Å². The van der Waals surface area contributed by atoms with Crippen LogP contribution in [0, 0.1) is 5.41 Å². The van der Waals surface area contributed by atoms with Crippen LogP contribution in [0.5, 0.6) is 0 Å². The van der Waals surface area contributed by atoms with E-state index in [-0.39, 0.29) is 17.7 Å². The Balaban J connectivity index is 1.74. The molecular formula is C22H18F2N4O3S. The normalized spacial score (nSPS) is 12.3. The molecule has 1 aromatic carbocycles. The Hall–Kier alpha value is -3.66. The first-order valence-electron chi connectivity index (χ1n) is 9.60. The fraction of sp³-hybridized carbons (Fsp3) is 0.182. The number of nitrogens with zero attached hydrogens (tertiary/aromatic N) is 3. The molecule has 0 unspecified atom stereocenters. The van der Waals surface area contributed by atoms with E-state index in [4.69, 9.17) is 14.6 Å². The zero-order chi connectivity index (χ0) is 22.9. The summed E-state index contributed by atoms with van der Waals surface area (Å²) in [6.45, 7) is 1.95. The van der Waals surface area contributed by atoms with Crippen LogP contribution in [0.25, 0.3) is 21.5 Å². The maximum atomic E-state index is 15.3. The number of hydrogen-bond donors (Lipinski definition) is 1. The van der Waals surface area contributed by atoms with Crippen LogP contribution < -0.4 is 5.49 Å². The van der Waals surface area contributed by atoms with E-state index in [1.165, 1.54) is 37.6 Å². The molecule has 0 atom stereocenters. The van der Waals surface area contributed by atoms with Gasteiger partial charge >= 0.3 is 11.9 Å². The van der Waals surface area contributed by atoms with E-state index in [9.17, 15) is 4.79 Å². The molecule has 0 aliphatic carbocycles. The van der Waals surface area contributed by atoms with Gasteiger partial charge in [0.2, 0.25) is 0 Å². The van der Waals surface area contributed by atoms with Crippen molar-refractivity contribution in [2.24, 2.45) is 4.99 Å². The molecule has 164 valence electrons. The van der Waals surface area contributed by atoms with Gasteiger partial charge in [0.05, 0.1) is 17.7 Å². The fourth-order valence-electron chi connectivity index (χ4n) is 3.10. The van der Waals surface area contributed by atoms with Crippen molar-refractivity contribution in [1.29, 1.82) is 5.41 Å². The zero-order valence-electron chi connectivity index (χ0n) is 17.1. The third kappa shape index (κ3) is 3.84. The summed E-state index contributed by atoms with van der Waals surface area (Å²) in [5.41, 5.74) is 0.524. The lowest BCUT2D eigenvalue weighted by molar-refractivity contribution is 0.0532. The van der Waals surface area contributed by atoms with E-state index in [0.717, 1.165) is 16.0 Å². The highest BCUT2D eigenvalue weighted by Crippen LogP contribution is 2.32. The van der Waals surface area contributed by atoms with Gasteiger partial charge in [-0.3, -0.25) is 10.4 Å². The lowest BCUT2D eigenvalue weighted by Crippen LogP contribution is -2.39. The van der Waals surface area contributed by atoms with E-state index < -0.39 is 17.7 Å². The van der Waals surface area contributed by atoms with Gasteiger partial charge in [0.15, 0.2) is 11.3 Å². The molecule has 0 aliphatic heterocycles. The van der Waals surface area contributed by atoms with Gasteiger partial charge in [0, 0.05) is 18.0 Å². The van der Waals surface area contributed by atoms with Gasteiger partial charge in [0.1, 0.15) is 16.2 Å². The molecule has 32 heavy (non-hydrogen) atoms. The number of carbonyl (C=O) groups excluding carboxylic acids is 1. The van der Waals surface area contributed by atoms with Gasteiger partial charge in [0.25, 0.3) is 0 Å². The molecule has 1 N–H and O–H groups in total. The molecule has 0 amide bonds. The minimum atomic E-state index is -3.65. The molecule has 0 saturated heterocycles. The van der Waals surface area contributed by atoms with Crippen LogP contribution >= 0.6 is 11.3 Å². The number of furan rings is 1. The predicted octanol–water partition coefficient (Wildman–Crippen LogP) is 4.68. The van der Waals surface area contributed by atoms with Gasteiger partial charge < -0.3 is 9.15 Å². The smallest absolute Gasteiger partial charge is 0.348 e. The second-order valence-corrected chi connectivity index (χ2v) is 7.78. The topological polar surface area (TPSA) is 93.5 Å². The lowest BCUT2D eigenvalue weighted by Gasteiger charge is -2.19. The average Bonchev–Trinajstić information content (AvgIpc) is 3.47. The Morgan fingerprint density at radius 3 is 2.81 bits per heavy atom. The maximum absolute atomic E-state index is 15.3. The molecule has 10 heteroatoms. The minimum absolute atomic E-state index is 0.0880. The summed E-state index contributed by atoms with van der Waals surface area (Å²) in [6, 6.07) is 11.9. The number of hydrogen-bond acceptors (Lipinski definition) is 7. The minimum Gasteiger partial charge on any atom is -0.464 e. The molecule has 0 spiro atoms. The van der Waals surface area contributed by atoms with E-state index in [0.29, 0.717) is 26.4 Å². The number of alkyl halides is 2. The van der Waals surface area contributed by atoms with Crippen molar-refractivity contribution in [2.75, 3.05) is 13.7 Å². The standard InChI is InChI=1S/C22H18F2N4O3S/c1-3-30-20(29)18-8-7-17(32-18)15-5-9-19(26-2)28(27-15)21(25)22(23,24)14-4-6-16-13(12-14)10-11-31-16/h4-12,25H,3H2,1-2H3. The monoisotopic (exact) mass is 456 g/mol. The molecule has 4 rings (SSSR count). The van der Waals surface area contributed by atoms with E-state index in [2.05, 4.69) is 10.1 Å². The molecule has 7 nitrogen and oxygen atoms in total. The largest absolute Gasteiger partial charge is 0.464 e. The third-order valence-electron chi connectivity index (χ3n) is 4.70. The van der Waals surface area contributed by atoms with Gasteiger partial charge in [-0.15, -0.1) is 11.3 Å². The van der Waals surface area contributed by atoms with Gasteiger partial charge in [-0.05, 0) is 55.5 Å². The molecule has 0 aliphatic rings. The molecule has 0 fully saturated rings. The first-order chi connectivity index (χ1) is 15.3. The van der Waals surface area contributed by atoms with Crippen LogP contribution in [0.15, 0.2) is 64.2 Å². The molecule has 0 radical (unpaired) electrons. The summed E-state index contributed by atoms with van der Waals surface area (Å²) < 4.78 is 41.6. The van der Waals surface area contributed by atoms with Crippen LogP contribution in [0.4, 0.5) is 8.78 Å². The Labute approximate surface area is 185 Å². The second-order valence-electron chi connectivity index (χ2n) is 6.69. The van der Waals surface area contributed by atoms with Crippen molar-refractivity contribution < 1.29 is 22.7 Å². The highest BCUT2D eigenvalue weighted by molar-refractivity contribution is 7.17. The van der Waals surface area contributed by atoms with Gasteiger partial charge in [-0.1, -0.05) is 0 Å². The number of aromatic nitrogens is 2. The Morgan fingerprint density at radius 2 is 2.06 bits per heavy atom. The lowest BCUT2D eigenvalue weighted by atomic mass is 10.1. The van der Waals surface area contributed by atoms with Crippen molar-refractivity contribution in [3.63, 3.8) is 0 Å². The summed E-state index contributed by atoms with van der Waals surface area (Å²) in [6.07, 6.45) is 1.41. The van der Waals surface area contributed by atoms with E-state index in [1.54, 1.807) is 31.2 Å². The highest BCUT2D eigenvalue weighted by atomic mass is 32.1. The summed E-state index contributed by atoms with van der Waals surface area (Å²) in [7, 11) is 1.43. The third-order valence-corrected chi connectivity index (χ3v) is 5.79. The predicted molar refractivity (Wildman–Crippen MR) is 116 cm³/mol. The van der Waals surface area contributed by atoms with Crippen molar-refractivity contribution in [3.8, 4) is 10.6 Å². The second kappa shape index (κ2) is 8.46. The highest BCUT2D eigenvalue weighted by Gasteiger charge is 2.40. The Morgan fingerprint density at radius 1 is 1.25 bits per heavy atom. The quantitative estimate of drug-likeness (QED) is 0.268. The molecule has 3 heterocycles. The Kier molecular flexibility index (Phi) is 5.70. The van der Waals surface area contributed by atoms with Crippen LogP contribution in [0.1, 0.15) is 22.2 Å². The van der Waals surface area contributed by atoms with E-state index in [1.807, 2.05) is 0 Å². The van der Waals surface area contributed by atoms with Crippen molar-refractivity contribution in [1.82, 2.24) is 9.78 Å². The Bertz CT molecular complexity index is 1390. The summed E-state index contributed by atoms with van der Waals surface area (Å²) in [4.78, 5) is 16.8. The molecule has 4 aromatic rings. The number of benzene rings is 1. The molecule has 0 bridgehead atoms. The maximum Gasteiger partial charge on any atom is 0.348 e. The molecule has 0 saturated carbocycles. The van der Waals surface area contributed by atoms with Crippen LogP contribution in [0.3, 0.4) is 0 Å². The number of ether oxygens (including phenoxy) is 1. The summed E-state index contributed by atoms with van der Waals surface area (Å²) >= 11 is 1.12. The van der Waals surface area contributed by atoms with Crippen LogP contribution in [0.2, 0.25) is 0 Å². The first kappa shape index (κ1) is 21.6. The van der Waals surface area contributed by atoms with Gasteiger partial charge in [-0.25, -0.2) is 4.79 Å². The number of carbonyl (C=O) groups is 1. The zero-order valence-corrected chi connectivity index (χ0v) is 18.0. The molecular weight excluding hydrogens is 438 g/mol. The van der Waals surface area contributed by atoms with Crippen molar-refractivity contribution in [2.45, 2.75) is 12.8 Å². The average molecular weight is 456 g/mol. The summed E-state index contributed by atoms with van der Waals surface area (Å²) in [5, 5.41) is 13.0. The van der Waals surface area contributed by atoms with Gasteiger partial charge in [-0.2, -0.15) is 18.6 Å². The first-order valence-corrected chi connectivity index (χ1v) is 10.4. The van der Waals surface area contributed by atoms with E-state index >= 15 is 8.78 Å².